The molecule has 17 heteroatoms. The molecule has 0 spiro atoms. The van der Waals surface area contributed by atoms with Crippen molar-refractivity contribution in [2.24, 2.45) is 0 Å². The van der Waals surface area contributed by atoms with Gasteiger partial charge in [0.2, 0.25) is 11.6 Å². The third-order valence-corrected chi connectivity index (χ3v) is 8.77. The molecule has 1 heterocycles. The van der Waals surface area contributed by atoms with Crippen molar-refractivity contribution in [1.82, 2.24) is 15.0 Å². The van der Waals surface area contributed by atoms with E-state index in [1.165, 1.54) is 24.3 Å². The van der Waals surface area contributed by atoms with Gasteiger partial charge in [0.05, 0.1) is 16.7 Å². The van der Waals surface area contributed by atoms with Crippen LogP contribution in [0.2, 0.25) is 0 Å². The molecule has 0 saturated carbocycles. The van der Waals surface area contributed by atoms with E-state index in [2.05, 4.69) is 15.0 Å². The Hall–Kier alpha value is -6.65. The van der Waals surface area contributed by atoms with Gasteiger partial charge in [-0.2, -0.15) is 0 Å². The number of hydrogen-bond acceptors (Lipinski definition) is 3. The maximum Gasteiger partial charge on any atom is 0.200 e. The summed E-state index contributed by atoms with van der Waals surface area (Å²) in [5.74, 6) is -30.8. The molecule has 6 aromatic carbocycles. The molecule has 0 saturated heterocycles. The van der Waals surface area contributed by atoms with Gasteiger partial charge in [-0.15, -0.1) is 0 Å². The van der Waals surface area contributed by atoms with Crippen molar-refractivity contribution in [2.45, 2.75) is 6.92 Å². The van der Waals surface area contributed by atoms with Gasteiger partial charge in [0.1, 0.15) is 5.82 Å². The number of rotatable bonds is 6. The minimum atomic E-state index is -2.41. The number of halogens is 14. The zero-order valence-corrected chi connectivity index (χ0v) is 28.1. The van der Waals surface area contributed by atoms with Crippen LogP contribution in [0.4, 0.5) is 61.5 Å². The van der Waals surface area contributed by atoms with Gasteiger partial charge in [0.15, 0.2) is 81.5 Å². The van der Waals surface area contributed by atoms with Crippen LogP contribution in [0.1, 0.15) is 5.56 Å². The van der Waals surface area contributed by atoms with Gasteiger partial charge in [0.25, 0.3) is 0 Å². The lowest BCUT2D eigenvalue weighted by Crippen LogP contribution is -2.05. The van der Waals surface area contributed by atoms with Gasteiger partial charge < -0.3 is 0 Å². The summed E-state index contributed by atoms with van der Waals surface area (Å²) in [5.41, 5.74) is -6.40. The summed E-state index contributed by atoms with van der Waals surface area (Å²) in [6.45, 7) is 0.867. The number of benzene rings is 6. The average molecular weight is 804 g/mol. The molecule has 0 aliphatic carbocycles. The highest BCUT2D eigenvalue weighted by Crippen LogP contribution is 2.38. The van der Waals surface area contributed by atoms with Crippen molar-refractivity contribution in [3.8, 4) is 67.5 Å². The van der Waals surface area contributed by atoms with E-state index in [4.69, 9.17) is 0 Å². The van der Waals surface area contributed by atoms with E-state index < -0.39 is 126 Å². The summed E-state index contributed by atoms with van der Waals surface area (Å²) in [5, 5.41) is 0. The van der Waals surface area contributed by atoms with Crippen LogP contribution in [0.15, 0.2) is 72.8 Å². The van der Waals surface area contributed by atoms with Crippen LogP contribution in [0.5, 0.6) is 0 Å². The van der Waals surface area contributed by atoms with Gasteiger partial charge in [-0.05, 0) is 41.8 Å². The summed E-state index contributed by atoms with van der Waals surface area (Å²) in [6.07, 6.45) is 0. The smallest absolute Gasteiger partial charge is 0.200 e. The first-order chi connectivity index (χ1) is 27.0. The second-order valence-corrected chi connectivity index (χ2v) is 12.2. The van der Waals surface area contributed by atoms with Gasteiger partial charge in [0, 0.05) is 22.3 Å². The second-order valence-electron chi connectivity index (χ2n) is 12.2. The third kappa shape index (κ3) is 6.41. The van der Waals surface area contributed by atoms with E-state index in [-0.39, 0.29) is 28.1 Å². The van der Waals surface area contributed by atoms with Crippen LogP contribution in [-0.2, 0) is 0 Å². The third-order valence-electron chi connectivity index (χ3n) is 8.77. The van der Waals surface area contributed by atoms with Crippen molar-refractivity contribution in [3.05, 3.63) is 160 Å². The van der Waals surface area contributed by atoms with Crippen molar-refractivity contribution in [2.75, 3.05) is 0 Å². The monoisotopic (exact) mass is 803 g/mol. The molecule has 0 N–H and O–H groups in total. The molecule has 0 unspecified atom stereocenters. The largest absolute Gasteiger partial charge is 0.208 e. The Kier molecular flexibility index (Phi) is 9.79. The Morgan fingerprint density at radius 3 is 0.807 bits per heavy atom. The Morgan fingerprint density at radius 1 is 0.281 bits per heavy atom. The molecule has 0 aliphatic rings. The van der Waals surface area contributed by atoms with E-state index in [0.717, 1.165) is 55.5 Å². The van der Waals surface area contributed by atoms with Gasteiger partial charge in [-0.25, -0.2) is 76.4 Å². The van der Waals surface area contributed by atoms with Crippen molar-refractivity contribution in [3.63, 3.8) is 0 Å². The Morgan fingerprint density at radius 2 is 0.509 bits per heavy atom. The standard InChI is InChI=1S/C40H15F14N3/c1-14-24(41)21(26(43)31(48)25(14)42)15-5-2-8-18(11-15)38-55-39(19-9-3-6-16(12-19)22-27(44)32(49)36(53)33(50)28(22)45)57-40(56-38)20-10-4-7-17(13-20)23-29(46)34(51)37(54)35(52)30(23)47/h2-13H,1H3. The van der Waals surface area contributed by atoms with Crippen LogP contribution in [0, 0.1) is 88.4 Å². The predicted octanol–water partition coefficient (Wildman–Crippen LogP) is 12.1. The Bertz CT molecular complexity index is 2420. The summed E-state index contributed by atoms with van der Waals surface area (Å²) < 4.78 is 202. The van der Waals surface area contributed by atoms with Crippen molar-refractivity contribution >= 4 is 0 Å². The lowest BCUT2D eigenvalue weighted by molar-refractivity contribution is 0.381. The van der Waals surface area contributed by atoms with Crippen molar-refractivity contribution in [1.29, 1.82) is 0 Å². The zero-order valence-electron chi connectivity index (χ0n) is 28.1. The quantitative estimate of drug-likeness (QED) is 0.0955. The maximum absolute atomic E-state index is 15.2. The molecule has 288 valence electrons. The Labute approximate surface area is 310 Å². The first-order valence-corrected chi connectivity index (χ1v) is 16.0. The first kappa shape index (κ1) is 38.6. The van der Waals surface area contributed by atoms with Crippen LogP contribution in [-0.4, -0.2) is 15.0 Å². The van der Waals surface area contributed by atoms with E-state index in [1.54, 1.807) is 0 Å². The topological polar surface area (TPSA) is 38.7 Å². The normalized spacial score (nSPS) is 11.4. The lowest BCUT2D eigenvalue weighted by Gasteiger charge is -2.13. The summed E-state index contributed by atoms with van der Waals surface area (Å²) in [6, 6.07) is 13.3. The molecule has 0 radical (unpaired) electrons. The fourth-order valence-electron chi connectivity index (χ4n) is 5.93. The predicted molar refractivity (Wildman–Crippen MR) is 177 cm³/mol. The molecule has 7 rings (SSSR count). The molecule has 0 bridgehead atoms. The highest BCUT2D eigenvalue weighted by molar-refractivity contribution is 5.77. The number of hydrogen-bond donors (Lipinski definition) is 0. The maximum atomic E-state index is 15.2. The SMILES string of the molecule is Cc1c(F)c(F)c(F)c(-c2cccc(-c3nc(-c4cccc(-c5c(F)c(F)c(F)c(F)c5F)c4)nc(-c4cccc(-c5c(F)c(F)c(F)c(F)c5F)c4)n3)c2)c1F. The van der Waals surface area contributed by atoms with Crippen LogP contribution < -0.4 is 0 Å². The van der Waals surface area contributed by atoms with Crippen molar-refractivity contribution < 1.29 is 61.5 Å². The molecule has 0 aliphatic heterocycles. The number of nitrogens with zero attached hydrogens (tertiary/aromatic N) is 3. The van der Waals surface area contributed by atoms with E-state index in [9.17, 15) is 57.1 Å². The van der Waals surface area contributed by atoms with E-state index in [1.807, 2.05) is 0 Å². The molecular formula is C40H15F14N3. The zero-order chi connectivity index (χ0) is 41.2. The molecule has 0 atom stereocenters. The summed E-state index contributed by atoms with van der Waals surface area (Å²) in [4.78, 5) is 12.9. The Balaban J connectivity index is 1.46. The fourth-order valence-corrected chi connectivity index (χ4v) is 5.93. The van der Waals surface area contributed by atoms with Gasteiger partial charge in [-0.3, -0.25) is 0 Å². The molecule has 1 aromatic heterocycles. The summed E-state index contributed by atoms with van der Waals surface area (Å²) in [7, 11) is 0. The molecule has 0 fully saturated rings. The van der Waals surface area contributed by atoms with Crippen LogP contribution in [0.3, 0.4) is 0 Å². The van der Waals surface area contributed by atoms with Crippen LogP contribution in [0.25, 0.3) is 67.5 Å². The first-order valence-electron chi connectivity index (χ1n) is 16.0. The lowest BCUT2D eigenvalue weighted by atomic mass is 9.98. The molecular weight excluding hydrogens is 788 g/mol. The van der Waals surface area contributed by atoms with Gasteiger partial charge >= 0.3 is 0 Å². The minimum absolute atomic E-state index is 0.106. The minimum Gasteiger partial charge on any atom is -0.208 e. The average Bonchev–Trinajstić information content (AvgIpc) is 3.22. The van der Waals surface area contributed by atoms with Crippen LogP contribution >= 0.6 is 0 Å². The highest BCUT2D eigenvalue weighted by atomic mass is 19.2. The molecule has 3 nitrogen and oxygen atoms in total. The molecule has 57 heavy (non-hydrogen) atoms. The summed E-state index contributed by atoms with van der Waals surface area (Å²) >= 11 is 0. The second kappa shape index (κ2) is 14.5. The fraction of sp³-hybridized carbons (Fsp3) is 0.0250. The van der Waals surface area contributed by atoms with Gasteiger partial charge in [-0.1, -0.05) is 54.6 Å². The van der Waals surface area contributed by atoms with E-state index >= 15 is 4.39 Å². The van der Waals surface area contributed by atoms with E-state index in [0.29, 0.717) is 0 Å². The highest BCUT2D eigenvalue weighted by Gasteiger charge is 2.29. The number of aromatic nitrogens is 3. The molecule has 0 amide bonds. The molecule has 7 aromatic rings.